The normalized spacial score (nSPS) is 12.9. The van der Waals surface area contributed by atoms with Crippen molar-refractivity contribution >= 4 is 38.9 Å². The van der Waals surface area contributed by atoms with E-state index in [9.17, 15) is 0 Å². The minimum Gasteiger partial charge on any atom is -0.493 e. The van der Waals surface area contributed by atoms with E-state index in [2.05, 4.69) is 33.4 Å². The van der Waals surface area contributed by atoms with Crippen LogP contribution in [0.1, 0.15) is 11.1 Å². The predicted octanol–water partition coefficient (Wildman–Crippen LogP) is 4.23. The van der Waals surface area contributed by atoms with Gasteiger partial charge in [-0.1, -0.05) is 33.6 Å². The van der Waals surface area contributed by atoms with E-state index < -0.39 is 0 Å². The van der Waals surface area contributed by atoms with Crippen LogP contribution in [-0.4, -0.2) is 6.61 Å². The molecule has 0 saturated heterocycles. The molecule has 104 valence electrons. The standard InChI is InChI=1S/C15H14BrClN2O/c16-11-6-9-4-5-20-15(9)10(7-11)8-19-13-3-1-2-12(17)14(13)18/h1-3,6-7,19H,4-5,8,18H2. The minimum absolute atomic E-state index is 0.561. The molecule has 0 aromatic heterocycles. The van der Waals surface area contributed by atoms with Gasteiger partial charge in [0.15, 0.2) is 0 Å². The van der Waals surface area contributed by atoms with Gasteiger partial charge in [-0.25, -0.2) is 0 Å². The minimum atomic E-state index is 0.561. The highest BCUT2D eigenvalue weighted by atomic mass is 79.9. The fraction of sp³-hybridized carbons (Fsp3) is 0.200. The summed E-state index contributed by atoms with van der Waals surface area (Å²) in [4.78, 5) is 0. The summed E-state index contributed by atoms with van der Waals surface area (Å²) in [6.45, 7) is 1.39. The Balaban J connectivity index is 1.84. The zero-order chi connectivity index (χ0) is 14.1. The van der Waals surface area contributed by atoms with Crippen molar-refractivity contribution in [3.05, 3.63) is 51.0 Å². The van der Waals surface area contributed by atoms with Crippen molar-refractivity contribution in [3.63, 3.8) is 0 Å². The van der Waals surface area contributed by atoms with Crippen LogP contribution in [0.5, 0.6) is 5.75 Å². The van der Waals surface area contributed by atoms with E-state index in [0.29, 0.717) is 17.3 Å². The van der Waals surface area contributed by atoms with E-state index in [1.807, 2.05) is 12.1 Å². The van der Waals surface area contributed by atoms with Crippen LogP contribution in [0.2, 0.25) is 5.02 Å². The van der Waals surface area contributed by atoms with E-state index in [0.717, 1.165) is 34.5 Å². The molecule has 0 aliphatic carbocycles. The zero-order valence-corrected chi connectivity index (χ0v) is 13.1. The van der Waals surface area contributed by atoms with E-state index in [-0.39, 0.29) is 0 Å². The summed E-state index contributed by atoms with van der Waals surface area (Å²) in [5.74, 6) is 0.987. The van der Waals surface area contributed by atoms with Crippen molar-refractivity contribution in [1.82, 2.24) is 0 Å². The Hall–Kier alpha value is -1.39. The maximum atomic E-state index is 6.02. The Bertz CT molecular complexity index is 661. The summed E-state index contributed by atoms with van der Waals surface area (Å²) in [7, 11) is 0. The second kappa shape index (κ2) is 5.54. The first kappa shape index (κ1) is 13.6. The Morgan fingerprint density at radius 3 is 3.05 bits per heavy atom. The van der Waals surface area contributed by atoms with E-state index in [1.54, 1.807) is 6.07 Å². The lowest BCUT2D eigenvalue weighted by Gasteiger charge is -2.13. The molecule has 0 bridgehead atoms. The number of rotatable bonds is 3. The summed E-state index contributed by atoms with van der Waals surface area (Å²) < 4.78 is 6.78. The van der Waals surface area contributed by atoms with Crippen molar-refractivity contribution in [2.24, 2.45) is 0 Å². The molecule has 2 aromatic carbocycles. The van der Waals surface area contributed by atoms with Crippen molar-refractivity contribution < 1.29 is 4.74 Å². The molecule has 5 heteroatoms. The molecule has 0 saturated carbocycles. The van der Waals surface area contributed by atoms with Crippen molar-refractivity contribution in [2.45, 2.75) is 13.0 Å². The number of para-hydroxylation sites is 1. The number of fused-ring (bicyclic) bond motifs is 1. The molecule has 1 aliphatic rings. The lowest BCUT2D eigenvalue weighted by Crippen LogP contribution is -2.04. The molecule has 0 fully saturated rings. The number of nitrogen functional groups attached to an aromatic ring is 1. The largest absolute Gasteiger partial charge is 0.493 e. The van der Waals surface area contributed by atoms with E-state index in [4.69, 9.17) is 22.1 Å². The van der Waals surface area contributed by atoms with Gasteiger partial charge in [-0.05, 0) is 29.8 Å². The lowest BCUT2D eigenvalue weighted by molar-refractivity contribution is 0.354. The molecular weight excluding hydrogens is 340 g/mol. The number of benzene rings is 2. The van der Waals surface area contributed by atoms with Gasteiger partial charge in [0.1, 0.15) is 5.75 Å². The van der Waals surface area contributed by atoms with Crippen molar-refractivity contribution in [1.29, 1.82) is 0 Å². The summed E-state index contributed by atoms with van der Waals surface area (Å²) >= 11 is 9.56. The van der Waals surface area contributed by atoms with Gasteiger partial charge in [-0.2, -0.15) is 0 Å². The molecule has 0 radical (unpaired) electrons. The average Bonchev–Trinajstić information content (AvgIpc) is 2.88. The third-order valence-corrected chi connectivity index (χ3v) is 4.13. The number of hydrogen-bond acceptors (Lipinski definition) is 3. The quantitative estimate of drug-likeness (QED) is 0.812. The molecule has 20 heavy (non-hydrogen) atoms. The fourth-order valence-electron chi connectivity index (χ4n) is 2.36. The molecule has 0 atom stereocenters. The third kappa shape index (κ3) is 2.58. The Morgan fingerprint density at radius 2 is 2.20 bits per heavy atom. The van der Waals surface area contributed by atoms with Crippen LogP contribution in [0.4, 0.5) is 11.4 Å². The van der Waals surface area contributed by atoms with Gasteiger partial charge < -0.3 is 15.8 Å². The van der Waals surface area contributed by atoms with Crippen LogP contribution in [0.3, 0.4) is 0 Å². The zero-order valence-electron chi connectivity index (χ0n) is 10.7. The first-order valence-corrected chi connectivity index (χ1v) is 7.54. The van der Waals surface area contributed by atoms with Crippen LogP contribution in [-0.2, 0) is 13.0 Å². The lowest BCUT2D eigenvalue weighted by atomic mass is 10.1. The second-order valence-corrected chi connectivity index (χ2v) is 6.03. The van der Waals surface area contributed by atoms with Gasteiger partial charge in [-0.15, -0.1) is 0 Å². The molecule has 3 nitrogen and oxygen atoms in total. The van der Waals surface area contributed by atoms with Crippen LogP contribution >= 0.6 is 27.5 Å². The van der Waals surface area contributed by atoms with Gasteiger partial charge in [0, 0.05) is 23.0 Å². The average molecular weight is 354 g/mol. The molecule has 1 heterocycles. The second-order valence-electron chi connectivity index (χ2n) is 4.71. The SMILES string of the molecule is Nc1c(Cl)cccc1NCc1cc(Br)cc2c1OCC2. The monoisotopic (exact) mass is 352 g/mol. The molecule has 0 amide bonds. The Kier molecular flexibility index (Phi) is 3.76. The van der Waals surface area contributed by atoms with Crippen LogP contribution in [0, 0.1) is 0 Å². The fourth-order valence-corrected chi connectivity index (χ4v) is 3.09. The summed E-state index contributed by atoms with van der Waals surface area (Å²) in [5.41, 5.74) is 9.73. The Labute approximate surface area is 131 Å². The molecule has 3 rings (SSSR count). The van der Waals surface area contributed by atoms with Crippen LogP contribution in [0.15, 0.2) is 34.8 Å². The first-order chi connectivity index (χ1) is 9.65. The molecular formula is C15H14BrClN2O. The van der Waals surface area contributed by atoms with Gasteiger partial charge in [-0.3, -0.25) is 0 Å². The molecule has 1 aliphatic heterocycles. The number of nitrogens with one attached hydrogen (secondary N) is 1. The maximum Gasteiger partial charge on any atom is 0.127 e. The highest BCUT2D eigenvalue weighted by Gasteiger charge is 2.17. The summed E-state index contributed by atoms with van der Waals surface area (Å²) in [6, 6.07) is 9.75. The molecule has 0 unspecified atom stereocenters. The maximum absolute atomic E-state index is 6.02. The highest BCUT2D eigenvalue weighted by Crippen LogP contribution is 2.34. The van der Waals surface area contributed by atoms with Gasteiger partial charge >= 0.3 is 0 Å². The first-order valence-electron chi connectivity index (χ1n) is 6.37. The smallest absolute Gasteiger partial charge is 0.127 e. The molecule has 2 aromatic rings. The van der Waals surface area contributed by atoms with E-state index in [1.165, 1.54) is 5.56 Å². The van der Waals surface area contributed by atoms with Gasteiger partial charge in [0.2, 0.25) is 0 Å². The summed E-state index contributed by atoms with van der Waals surface area (Å²) in [6.07, 6.45) is 0.959. The predicted molar refractivity (Wildman–Crippen MR) is 86.5 cm³/mol. The number of ether oxygens (including phenoxy) is 1. The van der Waals surface area contributed by atoms with Crippen molar-refractivity contribution in [3.8, 4) is 5.75 Å². The van der Waals surface area contributed by atoms with Crippen molar-refractivity contribution in [2.75, 3.05) is 17.7 Å². The van der Waals surface area contributed by atoms with Gasteiger partial charge in [0.05, 0.1) is 23.0 Å². The summed E-state index contributed by atoms with van der Waals surface area (Å²) in [5, 5.41) is 3.88. The van der Waals surface area contributed by atoms with E-state index >= 15 is 0 Å². The number of halogens is 2. The third-order valence-electron chi connectivity index (χ3n) is 3.35. The Morgan fingerprint density at radius 1 is 1.35 bits per heavy atom. The molecule has 3 N–H and O–H groups in total. The number of nitrogens with two attached hydrogens (primary N) is 1. The van der Waals surface area contributed by atoms with Crippen LogP contribution in [0.25, 0.3) is 0 Å². The highest BCUT2D eigenvalue weighted by molar-refractivity contribution is 9.10. The number of hydrogen-bond donors (Lipinski definition) is 2. The number of anilines is 2. The molecule has 0 spiro atoms. The topological polar surface area (TPSA) is 47.3 Å². The van der Waals surface area contributed by atoms with Gasteiger partial charge in [0.25, 0.3) is 0 Å². The van der Waals surface area contributed by atoms with Crippen LogP contribution < -0.4 is 15.8 Å².